The van der Waals surface area contributed by atoms with Crippen LogP contribution in [0.3, 0.4) is 0 Å². The maximum absolute atomic E-state index is 13.6. The van der Waals surface area contributed by atoms with Crippen LogP contribution in [-0.2, 0) is 27.6 Å². The third-order valence-electron chi connectivity index (χ3n) is 8.64. The van der Waals surface area contributed by atoms with Gasteiger partial charge in [0.1, 0.15) is 0 Å². The van der Waals surface area contributed by atoms with E-state index in [9.17, 15) is 8.42 Å². The predicted molar refractivity (Wildman–Crippen MR) is 145 cm³/mol. The second-order valence-corrected chi connectivity index (χ2v) is 12.7. The van der Waals surface area contributed by atoms with Gasteiger partial charge in [0.25, 0.3) is 15.2 Å². The zero-order valence-corrected chi connectivity index (χ0v) is 22.7. The van der Waals surface area contributed by atoms with Gasteiger partial charge in [-0.2, -0.15) is 9.29 Å². The van der Waals surface area contributed by atoms with Crippen molar-refractivity contribution < 1.29 is 17.9 Å². The lowest BCUT2D eigenvalue weighted by atomic mass is 9.86. The van der Waals surface area contributed by atoms with Crippen LogP contribution in [0.2, 0.25) is 0 Å². The normalized spacial score (nSPS) is 26.6. The number of nitrogens with one attached hydrogen (secondary N) is 2. The Labute approximate surface area is 228 Å². The predicted octanol–water partition coefficient (Wildman–Crippen LogP) is 2.74. The molecular formula is C27H33N7O4S. The van der Waals surface area contributed by atoms with Gasteiger partial charge >= 0.3 is 0 Å². The Morgan fingerprint density at radius 2 is 1.90 bits per heavy atom. The molecule has 0 amide bonds. The third kappa shape index (κ3) is 4.48. The molecule has 6 bridgehead atoms. The van der Waals surface area contributed by atoms with E-state index in [1.54, 1.807) is 6.20 Å². The molecule has 1 aliphatic carbocycles. The maximum Gasteiger partial charge on any atom is 0.278 e. The number of H-pyrrole nitrogens is 1. The Hall–Kier alpha value is -3.06. The quantitative estimate of drug-likeness (QED) is 0.434. The fraction of sp³-hybridized carbons (Fsp3) is 0.519. The van der Waals surface area contributed by atoms with Crippen molar-refractivity contribution in [3.63, 3.8) is 0 Å². The number of benzene rings is 1. The highest BCUT2D eigenvalue weighted by Crippen LogP contribution is 2.40. The molecule has 2 N–H and O–H groups in total. The zero-order valence-electron chi connectivity index (χ0n) is 21.9. The van der Waals surface area contributed by atoms with Crippen LogP contribution in [0.5, 0.6) is 5.88 Å². The Bertz CT molecular complexity index is 1480. The van der Waals surface area contributed by atoms with E-state index in [2.05, 4.69) is 42.5 Å². The van der Waals surface area contributed by atoms with Crippen LogP contribution in [0, 0.1) is 0 Å². The molecule has 3 aromatic rings. The summed E-state index contributed by atoms with van der Waals surface area (Å²) in [6, 6.07) is 8.21. The van der Waals surface area contributed by atoms with Gasteiger partial charge in [0, 0.05) is 49.5 Å². The first-order valence-corrected chi connectivity index (χ1v) is 15.2. The number of fused-ring (bicyclic) bond motifs is 6. The fourth-order valence-electron chi connectivity index (χ4n) is 6.51. The molecule has 2 aromatic heterocycles. The topological polar surface area (TPSA) is 126 Å². The Morgan fingerprint density at radius 1 is 1.00 bits per heavy atom. The molecule has 0 saturated carbocycles. The van der Waals surface area contributed by atoms with E-state index in [-0.39, 0.29) is 16.6 Å². The van der Waals surface area contributed by atoms with Crippen LogP contribution in [-0.4, -0.2) is 89.3 Å². The number of aromatic nitrogens is 4. The van der Waals surface area contributed by atoms with Crippen molar-refractivity contribution in [2.75, 3.05) is 51.3 Å². The molecule has 0 unspecified atom stereocenters. The summed E-state index contributed by atoms with van der Waals surface area (Å²) in [6.07, 6.45) is 7.05. The van der Waals surface area contributed by atoms with Crippen LogP contribution in [0.15, 0.2) is 35.6 Å². The smallest absolute Gasteiger partial charge is 0.278 e. The molecule has 39 heavy (non-hydrogen) atoms. The molecule has 4 aliphatic heterocycles. The minimum absolute atomic E-state index is 0.135. The van der Waals surface area contributed by atoms with E-state index in [1.165, 1.54) is 15.4 Å². The molecule has 5 aliphatic rings. The van der Waals surface area contributed by atoms with Gasteiger partial charge in [-0.15, -0.1) is 5.10 Å². The summed E-state index contributed by atoms with van der Waals surface area (Å²) in [4.78, 5) is 11.3. The molecule has 206 valence electrons. The molecule has 1 spiro atoms. The number of aryl methyl sites for hydroxylation is 1. The van der Waals surface area contributed by atoms with Gasteiger partial charge in [-0.25, -0.2) is 18.5 Å². The van der Waals surface area contributed by atoms with Crippen molar-refractivity contribution in [1.82, 2.24) is 29.4 Å². The molecule has 8 rings (SSSR count). The standard InChI is InChI=1S/C27H33N7O4S/c35-39(36)26-30-25(31-32-26)29-24-21-4-1-3-19(21)5-6-22(24)20-7-10-28-23(17-20)38-15-2-11-33-14-16-37-18-27(33)8-12-34(39)13-9-27/h5-7,10,17H,1-4,8-9,11-16,18H2,(H2,29,30,31,32). The summed E-state index contributed by atoms with van der Waals surface area (Å²) in [5.41, 5.74) is 5.19. The molecule has 12 heteroatoms. The average Bonchev–Trinajstić information content (AvgIpc) is 3.63. The van der Waals surface area contributed by atoms with Gasteiger partial charge < -0.3 is 14.8 Å². The molecule has 6 heterocycles. The Morgan fingerprint density at radius 3 is 2.79 bits per heavy atom. The monoisotopic (exact) mass is 551 g/mol. The number of piperidine rings is 1. The van der Waals surface area contributed by atoms with Gasteiger partial charge in [0.2, 0.25) is 11.8 Å². The third-order valence-corrected chi connectivity index (χ3v) is 10.4. The highest BCUT2D eigenvalue weighted by molar-refractivity contribution is 7.88. The van der Waals surface area contributed by atoms with Crippen molar-refractivity contribution >= 4 is 21.7 Å². The van der Waals surface area contributed by atoms with Gasteiger partial charge in [-0.3, -0.25) is 4.90 Å². The van der Waals surface area contributed by atoms with Gasteiger partial charge in [0.05, 0.1) is 25.5 Å². The first-order valence-electron chi connectivity index (χ1n) is 13.8. The van der Waals surface area contributed by atoms with E-state index in [1.807, 2.05) is 12.1 Å². The number of anilines is 2. The maximum atomic E-state index is 13.6. The number of hydrogen-bond acceptors (Lipinski definition) is 9. The number of ether oxygens (including phenoxy) is 2. The summed E-state index contributed by atoms with van der Waals surface area (Å²) < 4.78 is 40.6. The Kier molecular flexibility index (Phi) is 6.30. The van der Waals surface area contributed by atoms with Crippen LogP contribution in [0.25, 0.3) is 11.1 Å². The van der Waals surface area contributed by atoms with E-state index >= 15 is 0 Å². The van der Waals surface area contributed by atoms with Crippen molar-refractivity contribution in [2.24, 2.45) is 0 Å². The second kappa shape index (κ2) is 9.84. The number of morpholine rings is 1. The molecule has 0 radical (unpaired) electrons. The minimum Gasteiger partial charge on any atom is -0.478 e. The summed E-state index contributed by atoms with van der Waals surface area (Å²) >= 11 is 0. The highest BCUT2D eigenvalue weighted by atomic mass is 32.2. The molecule has 2 saturated heterocycles. The minimum atomic E-state index is -3.81. The first-order chi connectivity index (χ1) is 19.0. The molecular weight excluding hydrogens is 518 g/mol. The van der Waals surface area contributed by atoms with Gasteiger partial charge in [0.15, 0.2) is 0 Å². The highest BCUT2D eigenvalue weighted by Gasteiger charge is 2.44. The fourth-order valence-corrected chi connectivity index (χ4v) is 7.78. The van der Waals surface area contributed by atoms with Crippen LogP contribution in [0.4, 0.5) is 11.6 Å². The average molecular weight is 552 g/mol. The van der Waals surface area contributed by atoms with Crippen molar-refractivity contribution in [3.05, 3.63) is 41.6 Å². The van der Waals surface area contributed by atoms with Gasteiger partial charge in [-0.1, -0.05) is 12.1 Å². The number of hydrogen-bond donors (Lipinski definition) is 2. The van der Waals surface area contributed by atoms with E-state index < -0.39 is 10.0 Å². The largest absolute Gasteiger partial charge is 0.478 e. The van der Waals surface area contributed by atoms with Crippen LogP contribution in [0.1, 0.15) is 36.8 Å². The van der Waals surface area contributed by atoms with Crippen molar-refractivity contribution in [3.8, 4) is 17.0 Å². The number of nitrogens with zero attached hydrogens (tertiary/aromatic N) is 5. The SMILES string of the molecule is O=S1(=O)c2nc(n[nH]2)Nc2c(ccc3c2CCC3)-c2ccnc(c2)OCCCN2CCOCC23CCN1CC3. The molecule has 2 fully saturated rings. The molecule has 0 atom stereocenters. The summed E-state index contributed by atoms with van der Waals surface area (Å²) in [5.74, 6) is 0.826. The Balaban J connectivity index is 1.28. The van der Waals surface area contributed by atoms with Crippen LogP contribution >= 0.6 is 0 Å². The summed E-state index contributed by atoms with van der Waals surface area (Å²) in [7, 11) is -3.81. The van der Waals surface area contributed by atoms with Crippen molar-refractivity contribution in [2.45, 2.75) is 49.2 Å². The number of rotatable bonds is 0. The van der Waals surface area contributed by atoms with Gasteiger partial charge in [-0.05, 0) is 61.3 Å². The number of pyridine rings is 1. The lowest BCUT2D eigenvalue weighted by molar-refractivity contribution is -0.0895. The summed E-state index contributed by atoms with van der Waals surface area (Å²) in [5, 5.41) is 10.2. The second-order valence-electron chi connectivity index (χ2n) is 10.8. The van der Waals surface area contributed by atoms with Crippen molar-refractivity contribution in [1.29, 1.82) is 0 Å². The summed E-state index contributed by atoms with van der Waals surface area (Å²) in [6.45, 7) is 4.37. The first kappa shape index (κ1) is 24.9. The zero-order chi connectivity index (χ0) is 26.5. The molecule has 11 nitrogen and oxygen atoms in total. The van der Waals surface area contributed by atoms with Crippen LogP contribution < -0.4 is 10.1 Å². The van der Waals surface area contributed by atoms with E-state index in [0.29, 0.717) is 51.6 Å². The van der Waals surface area contributed by atoms with E-state index in [4.69, 9.17) is 9.47 Å². The lowest BCUT2D eigenvalue weighted by Gasteiger charge is -2.50. The molecule has 1 aromatic carbocycles. The van der Waals surface area contributed by atoms with E-state index in [0.717, 1.165) is 55.6 Å². The number of aromatic amines is 1. The lowest BCUT2D eigenvalue weighted by Crippen LogP contribution is -2.62. The number of sulfonamides is 1.